The highest BCUT2D eigenvalue weighted by Crippen LogP contribution is 2.24. The van der Waals surface area contributed by atoms with Gasteiger partial charge in [0.2, 0.25) is 0 Å². The Balaban J connectivity index is 1.95. The summed E-state index contributed by atoms with van der Waals surface area (Å²) in [6.07, 6.45) is 1.59. The molecule has 4 heteroatoms. The summed E-state index contributed by atoms with van der Waals surface area (Å²) in [5.74, 6) is -0.795. The highest BCUT2D eigenvalue weighted by atomic mass is 16.4. The van der Waals surface area contributed by atoms with Gasteiger partial charge in [0.05, 0.1) is 0 Å². The largest absolute Gasteiger partial charge is 0.481 e. The van der Waals surface area contributed by atoms with Gasteiger partial charge in [0, 0.05) is 24.6 Å². The number of benzene rings is 1. The fourth-order valence-electron chi connectivity index (χ4n) is 2.04. The van der Waals surface area contributed by atoms with Crippen molar-refractivity contribution in [2.24, 2.45) is 0 Å². The van der Waals surface area contributed by atoms with Gasteiger partial charge < -0.3 is 10.0 Å². The van der Waals surface area contributed by atoms with Crippen molar-refractivity contribution >= 4 is 11.9 Å². The fourth-order valence-corrected chi connectivity index (χ4v) is 2.04. The van der Waals surface area contributed by atoms with E-state index in [1.807, 2.05) is 18.2 Å². The third-order valence-electron chi connectivity index (χ3n) is 3.12. The monoisotopic (exact) mass is 233 g/mol. The van der Waals surface area contributed by atoms with Crippen LogP contribution in [0.1, 0.15) is 29.6 Å². The molecular weight excluding hydrogens is 218 g/mol. The third-order valence-corrected chi connectivity index (χ3v) is 3.12. The summed E-state index contributed by atoms with van der Waals surface area (Å²) in [6.45, 7) is 0.734. The molecule has 1 saturated heterocycles. The topological polar surface area (TPSA) is 57.6 Å². The van der Waals surface area contributed by atoms with Gasteiger partial charge >= 0.3 is 5.97 Å². The minimum Gasteiger partial charge on any atom is -0.481 e. The fraction of sp³-hybridized carbons (Fsp3) is 0.385. The van der Waals surface area contributed by atoms with Crippen molar-refractivity contribution < 1.29 is 14.7 Å². The average molecular weight is 233 g/mol. The van der Waals surface area contributed by atoms with E-state index in [4.69, 9.17) is 5.11 Å². The van der Waals surface area contributed by atoms with Crippen molar-refractivity contribution in [2.45, 2.75) is 25.3 Å². The Hall–Kier alpha value is -1.84. The first-order chi connectivity index (χ1) is 8.18. The predicted molar refractivity (Wildman–Crippen MR) is 62.8 cm³/mol. The van der Waals surface area contributed by atoms with Crippen LogP contribution in [0.25, 0.3) is 0 Å². The zero-order valence-corrected chi connectivity index (χ0v) is 9.50. The molecular formula is C13H15NO3. The van der Waals surface area contributed by atoms with Gasteiger partial charge in [0.25, 0.3) is 5.91 Å². The zero-order chi connectivity index (χ0) is 12.3. The molecule has 1 heterocycles. The van der Waals surface area contributed by atoms with Gasteiger partial charge in [-0.1, -0.05) is 18.2 Å². The van der Waals surface area contributed by atoms with Crippen molar-refractivity contribution in [3.63, 3.8) is 0 Å². The quantitative estimate of drug-likeness (QED) is 0.862. The lowest BCUT2D eigenvalue weighted by molar-refractivity contribution is -0.137. The molecule has 0 bridgehead atoms. The first-order valence-electron chi connectivity index (χ1n) is 5.76. The summed E-state index contributed by atoms with van der Waals surface area (Å²) < 4.78 is 0. The number of carbonyl (C=O) groups is 2. The molecule has 0 saturated carbocycles. The number of amides is 1. The smallest absolute Gasteiger partial charge is 0.303 e. The Morgan fingerprint density at radius 1 is 1.29 bits per heavy atom. The lowest BCUT2D eigenvalue weighted by atomic mass is 9.96. The molecule has 17 heavy (non-hydrogen) atoms. The molecule has 1 fully saturated rings. The predicted octanol–water partition coefficient (Wildman–Crippen LogP) is 1.77. The molecule has 0 spiro atoms. The minimum atomic E-state index is -0.802. The second-order valence-electron chi connectivity index (χ2n) is 4.24. The van der Waals surface area contributed by atoms with Crippen molar-refractivity contribution in [3.8, 4) is 0 Å². The standard InChI is InChI=1S/C13H15NO3/c15-12(16)7-6-11-8-9-14(11)13(17)10-4-2-1-3-5-10/h1-5,11H,6-9H2,(H,15,16). The molecule has 0 aliphatic carbocycles. The minimum absolute atomic E-state index is 0.00670. The lowest BCUT2D eigenvalue weighted by Gasteiger charge is -2.41. The molecule has 1 amide bonds. The lowest BCUT2D eigenvalue weighted by Crippen LogP contribution is -2.51. The van der Waals surface area contributed by atoms with Gasteiger partial charge in [0.1, 0.15) is 0 Å². The van der Waals surface area contributed by atoms with E-state index < -0.39 is 5.97 Å². The van der Waals surface area contributed by atoms with Crippen molar-refractivity contribution in [3.05, 3.63) is 35.9 Å². The molecule has 1 atom stereocenters. The van der Waals surface area contributed by atoms with E-state index >= 15 is 0 Å². The van der Waals surface area contributed by atoms with Crippen molar-refractivity contribution in [2.75, 3.05) is 6.54 Å². The van der Waals surface area contributed by atoms with Crippen LogP contribution in [0.5, 0.6) is 0 Å². The SMILES string of the molecule is O=C(O)CCC1CCN1C(=O)c1ccccc1. The molecule has 90 valence electrons. The Labute approximate surface area is 99.9 Å². The Bertz CT molecular complexity index is 416. The number of rotatable bonds is 4. The maximum absolute atomic E-state index is 12.1. The Morgan fingerprint density at radius 2 is 2.00 bits per heavy atom. The number of carbonyl (C=O) groups excluding carboxylic acids is 1. The summed E-state index contributed by atoms with van der Waals surface area (Å²) >= 11 is 0. The van der Waals surface area contributed by atoms with Gasteiger partial charge in [-0.05, 0) is 25.0 Å². The van der Waals surface area contributed by atoms with Crippen LogP contribution in [0.4, 0.5) is 0 Å². The number of likely N-dealkylation sites (tertiary alicyclic amines) is 1. The third kappa shape index (κ3) is 2.64. The number of hydrogen-bond acceptors (Lipinski definition) is 2. The average Bonchev–Trinajstić information content (AvgIpc) is 2.28. The zero-order valence-electron chi connectivity index (χ0n) is 9.50. The van der Waals surface area contributed by atoms with Gasteiger partial charge in [-0.25, -0.2) is 0 Å². The van der Waals surface area contributed by atoms with E-state index in [1.165, 1.54) is 0 Å². The molecule has 1 aromatic rings. The van der Waals surface area contributed by atoms with Gasteiger partial charge in [0.15, 0.2) is 0 Å². The maximum Gasteiger partial charge on any atom is 0.303 e. The van der Waals surface area contributed by atoms with Crippen LogP contribution in [-0.4, -0.2) is 34.5 Å². The first kappa shape index (κ1) is 11.6. The van der Waals surface area contributed by atoms with Gasteiger partial charge in [-0.2, -0.15) is 0 Å². The van der Waals surface area contributed by atoms with Gasteiger partial charge in [-0.15, -0.1) is 0 Å². The molecule has 1 N–H and O–H groups in total. The number of aliphatic carboxylic acids is 1. The number of hydrogen-bond donors (Lipinski definition) is 1. The second kappa shape index (κ2) is 4.99. The van der Waals surface area contributed by atoms with Crippen molar-refractivity contribution in [1.29, 1.82) is 0 Å². The number of nitrogens with zero attached hydrogens (tertiary/aromatic N) is 1. The summed E-state index contributed by atoms with van der Waals surface area (Å²) in [6, 6.07) is 9.20. The highest BCUT2D eigenvalue weighted by molar-refractivity contribution is 5.94. The van der Waals surface area contributed by atoms with Crippen LogP contribution >= 0.6 is 0 Å². The number of carboxylic acid groups (broad SMARTS) is 1. The molecule has 1 aliphatic heterocycles. The van der Waals surface area contributed by atoms with Crippen LogP contribution in [-0.2, 0) is 4.79 Å². The van der Waals surface area contributed by atoms with Crippen LogP contribution in [0.3, 0.4) is 0 Å². The first-order valence-corrected chi connectivity index (χ1v) is 5.76. The Morgan fingerprint density at radius 3 is 2.53 bits per heavy atom. The molecule has 0 aromatic heterocycles. The van der Waals surface area contributed by atoms with Crippen LogP contribution in [0.15, 0.2) is 30.3 Å². The molecule has 4 nitrogen and oxygen atoms in total. The van der Waals surface area contributed by atoms with E-state index in [-0.39, 0.29) is 18.4 Å². The normalized spacial score (nSPS) is 18.6. The molecule has 2 rings (SSSR count). The van der Waals surface area contributed by atoms with E-state index in [1.54, 1.807) is 17.0 Å². The molecule has 1 aromatic carbocycles. The van der Waals surface area contributed by atoms with Crippen LogP contribution in [0.2, 0.25) is 0 Å². The summed E-state index contributed by atoms with van der Waals surface area (Å²) in [5, 5.41) is 8.62. The van der Waals surface area contributed by atoms with E-state index in [2.05, 4.69) is 0 Å². The molecule has 1 aliphatic rings. The summed E-state index contributed by atoms with van der Waals surface area (Å²) in [7, 11) is 0. The summed E-state index contributed by atoms with van der Waals surface area (Å²) in [5.41, 5.74) is 0.674. The van der Waals surface area contributed by atoms with Crippen LogP contribution < -0.4 is 0 Å². The maximum atomic E-state index is 12.1. The highest BCUT2D eigenvalue weighted by Gasteiger charge is 2.32. The number of carboxylic acids is 1. The second-order valence-corrected chi connectivity index (χ2v) is 4.24. The van der Waals surface area contributed by atoms with E-state index in [9.17, 15) is 9.59 Å². The van der Waals surface area contributed by atoms with E-state index in [0.29, 0.717) is 12.0 Å². The van der Waals surface area contributed by atoms with Gasteiger partial charge in [-0.3, -0.25) is 9.59 Å². The molecule has 1 unspecified atom stereocenters. The van der Waals surface area contributed by atoms with Crippen LogP contribution in [0, 0.1) is 0 Å². The Kier molecular flexibility index (Phi) is 3.42. The van der Waals surface area contributed by atoms with Crippen molar-refractivity contribution in [1.82, 2.24) is 4.90 Å². The summed E-state index contributed by atoms with van der Waals surface area (Å²) in [4.78, 5) is 24.3. The van der Waals surface area contributed by atoms with E-state index in [0.717, 1.165) is 13.0 Å². The molecule has 0 radical (unpaired) electrons.